The first-order valence-corrected chi connectivity index (χ1v) is 8.31. The maximum absolute atomic E-state index is 12.2. The minimum atomic E-state index is -0.0764. The third-order valence-corrected chi connectivity index (χ3v) is 4.68. The van der Waals surface area contributed by atoms with Gasteiger partial charge in [0.25, 0.3) is 5.91 Å². The number of carbonyl (C=O) groups excluding carboxylic acids is 1. The molecule has 2 heterocycles. The van der Waals surface area contributed by atoms with Gasteiger partial charge in [-0.2, -0.15) is 0 Å². The summed E-state index contributed by atoms with van der Waals surface area (Å²) >= 11 is 0. The van der Waals surface area contributed by atoms with Crippen molar-refractivity contribution in [3.8, 4) is 0 Å². The SMILES string of the molecule is CN1C=C(C(=O)NCCC[N+]2(C)CCCCC2)C=CC1=CN=O. The predicted octanol–water partition coefficient (Wildman–Crippen LogP) is 2.12. The average molecular weight is 319 g/mol. The summed E-state index contributed by atoms with van der Waals surface area (Å²) in [5.41, 5.74) is 1.26. The Morgan fingerprint density at radius 1 is 1.35 bits per heavy atom. The van der Waals surface area contributed by atoms with Gasteiger partial charge in [0.15, 0.2) is 0 Å². The molecule has 0 bridgehead atoms. The molecule has 6 nitrogen and oxygen atoms in total. The van der Waals surface area contributed by atoms with Crippen molar-refractivity contribution in [1.82, 2.24) is 10.2 Å². The van der Waals surface area contributed by atoms with Crippen molar-refractivity contribution >= 4 is 5.91 Å². The molecule has 0 saturated carbocycles. The lowest BCUT2D eigenvalue weighted by Crippen LogP contribution is -2.49. The van der Waals surface area contributed by atoms with Crippen molar-refractivity contribution < 1.29 is 9.28 Å². The fourth-order valence-corrected chi connectivity index (χ4v) is 3.21. The summed E-state index contributed by atoms with van der Waals surface area (Å²) in [7, 11) is 4.10. The van der Waals surface area contributed by atoms with Gasteiger partial charge >= 0.3 is 0 Å². The van der Waals surface area contributed by atoms with Gasteiger partial charge in [-0.05, 0) is 36.6 Å². The number of rotatable bonds is 6. The fraction of sp³-hybridized carbons (Fsp3) is 0.588. The summed E-state index contributed by atoms with van der Waals surface area (Å²) in [6.07, 6.45) is 11.4. The molecule has 23 heavy (non-hydrogen) atoms. The van der Waals surface area contributed by atoms with E-state index in [4.69, 9.17) is 0 Å². The van der Waals surface area contributed by atoms with Gasteiger partial charge in [-0.15, -0.1) is 4.91 Å². The van der Waals surface area contributed by atoms with E-state index in [1.54, 1.807) is 30.3 Å². The maximum Gasteiger partial charge on any atom is 0.252 e. The topological polar surface area (TPSA) is 61.8 Å². The number of nitrogens with zero attached hydrogens (tertiary/aromatic N) is 3. The molecule has 126 valence electrons. The Kier molecular flexibility index (Phi) is 6.10. The van der Waals surface area contributed by atoms with Crippen LogP contribution >= 0.6 is 0 Å². The van der Waals surface area contributed by atoms with Gasteiger partial charge in [0.05, 0.1) is 44.2 Å². The lowest BCUT2D eigenvalue weighted by atomic mass is 10.1. The third-order valence-electron chi connectivity index (χ3n) is 4.68. The molecular weight excluding hydrogens is 292 g/mol. The highest BCUT2D eigenvalue weighted by molar-refractivity contribution is 5.96. The van der Waals surface area contributed by atoms with Crippen molar-refractivity contribution in [3.05, 3.63) is 40.7 Å². The Bertz CT molecular complexity index is 531. The minimum Gasteiger partial charge on any atom is -0.352 e. The molecule has 6 heteroatoms. The molecule has 0 spiro atoms. The van der Waals surface area contributed by atoms with Crippen LogP contribution in [0, 0.1) is 4.91 Å². The normalized spacial score (nSPS) is 21.9. The second kappa shape index (κ2) is 8.06. The van der Waals surface area contributed by atoms with Crippen LogP contribution in [0.15, 0.2) is 41.0 Å². The van der Waals surface area contributed by atoms with E-state index < -0.39 is 0 Å². The second-order valence-corrected chi connectivity index (χ2v) is 6.65. The van der Waals surface area contributed by atoms with E-state index in [0.717, 1.165) is 17.4 Å². The number of piperidine rings is 1. The number of nitrogens with one attached hydrogen (secondary N) is 1. The molecule has 0 aromatic heterocycles. The largest absolute Gasteiger partial charge is 0.352 e. The first-order chi connectivity index (χ1) is 11.0. The summed E-state index contributed by atoms with van der Waals surface area (Å²) in [6, 6.07) is 0. The van der Waals surface area contributed by atoms with E-state index in [2.05, 4.69) is 17.5 Å². The van der Waals surface area contributed by atoms with Crippen LogP contribution in [-0.2, 0) is 4.79 Å². The lowest BCUT2D eigenvalue weighted by molar-refractivity contribution is -0.914. The lowest BCUT2D eigenvalue weighted by Gasteiger charge is -2.37. The number of likely N-dealkylation sites (N-methyl/N-ethyl adjacent to an activating group) is 1. The first-order valence-electron chi connectivity index (χ1n) is 8.31. The van der Waals surface area contributed by atoms with Gasteiger partial charge in [-0.25, -0.2) is 0 Å². The van der Waals surface area contributed by atoms with Crippen molar-refractivity contribution in [2.45, 2.75) is 25.7 Å². The zero-order valence-corrected chi connectivity index (χ0v) is 14.1. The van der Waals surface area contributed by atoms with Crippen molar-refractivity contribution in [1.29, 1.82) is 0 Å². The van der Waals surface area contributed by atoms with E-state index in [-0.39, 0.29) is 5.91 Å². The third kappa shape index (κ3) is 5.03. The van der Waals surface area contributed by atoms with Gasteiger partial charge in [-0.1, -0.05) is 0 Å². The van der Waals surface area contributed by atoms with Gasteiger partial charge in [0, 0.05) is 26.2 Å². The highest BCUT2D eigenvalue weighted by Gasteiger charge is 2.23. The number of allylic oxidation sites excluding steroid dienone is 1. The molecule has 2 aliphatic rings. The Balaban J connectivity index is 1.75. The highest BCUT2D eigenvalue weighted by Crippen LogP contribution is 2.17. The number of hydrogen-bond donors (Lipinski definition) is 1. The molecule has 1 fully saturated rings. The van der Waals surface area contributed by atoms with E-state index in [1.165, 1.54) is 38.6 Å². The van der Waals surface area contributed by atoms with Gasteiger partial charge < -0.3 is 14.7 Å². The quantitative estimate of drug-likeness (QED) is 0.463. The molecule has 1 N–H and O–H groups in total. The van der Waals surface area contributed by atoms with Crippen molar-refractivity contribution in [2.24, 2.45) is 5.18 Å². The Hall–Kier alpha value is -1.95. The van der Waals surface area contributed by atoms with Crippen LogP contribution in [0.2, 0.25) is 0 Å². The molecule has 1 saturated heterocycles. The Morgan fingerprint density at radius 3 is 2.74 bits per heavy atom. The Labute approximate surface area is 138 Å². The van der Waals surface area contributed by atoms with Crippen LogP contribution in [0.3, 0.4) is 0 Å². The smallest absolute Gasteiger partial charge is 0.252 e. The van der Waals surface area contributed by atoms with E-state index >= 15 is 0 Å². The molecule has 0 radical (unpaired) electrons. The molecule has 0 atom stereocenters. The summed E-state index contributed by atoms with van der Waals surface area (Å²) in [5, 5.41) is 5.73. The number of hydrogen-bond acceptors (Lipinski definition) is 4. The van der Waals surface area contributed by atoms with Gasteiger partial charge in [0.1, 0.15) is 0 Å². The van der Waals surface area contributed by atoms with E-state index in [0.29, 0.717) is 17.8 Å². The van der Waals surface area contributed by atoms with Gasteiger partial charge in [-0.3, -0.25) is 4.79 Å². The summed E-state index contributed by atoms with van der Waals surface area (Å²) < 4.78 is 1.13. The monoisotopic (exact) mass is 319 g/mol. The number of amides is 1. The van der Waals surface area contributed by atoms with Crippen LogP contribution in [0.5, 0.6) is 0 Å². The van der Waals surface area contributed by atoms with Crippen LogP contribution in [0.1, 0.15) is 25.7 Å². The molecule has 0 aliphatic carbocycles. The standard InChI is InChI=1S/C17H26N4O2/c1-20-14-15(7-8-16(20)13-19-23)17(22)18-9-6-12-21(2)10-4-3-5-11-21/h7-8,13-14H,3-6,9-12H2,1-2H3/p+1. The van der Waals surface area contributed by atoms with Crippen LogP contribution < -0.4 is 5.32 Å². The first kappa shape index (κ1) is 17.4. The van der Waals surface area contributed by atoms with Crippen molar-refractivity contribution in [2.75, 3.05) is 40.3 Å². The number of carbonyl (C=O) groups is 1. The molecule has 0 aromatic carbocycles. The summed E-state index contributed by atoms with van der Waals surface area (Å²) in [6.45, 7) is 4.33. The molecule has 0 unspecified atom stereocenters. The van der Waals surface area contributed by atoms with Crippen LogP contribution in [0.4, 0.5) is 0 Å². The molecule has 1 amide bonds. The minimum absolute atomic E-state index is 0.0764. The number of nitroso groups, excluding NO2 is 1. The molecule has 2 aliphatic heterocycles. The van der Waals surface area contributed by atoms with Crippen LogP contribution in [-0.4, -0.2) is 55.6 Å². The van der Waals surface area contributed by atoms with Crippen LogP contribution in [0.25, 0.3) is 0 Å². The summed E-state index contributed by atoms with van der Waals surface area (Å²) in [4.78, 5) is 24.2. The number of likely N-dealkylation sites (tertiary alicyclic amines) is 1. The molecular formula is C17H27N4O2+. The van der Waals surface area contributed by atoms with E-state index in [1.807, 2.05) is 0 Å². The Morgan fingerprint density at radius 2 is 2.09 bits per heavy atom. The van der Waals surface area contributed by atoms with E-state index in [9.17, 15) is 9.70 Å². The predicted molar refractivity (Wildman–Crippen MR) is 91.1 cm³/mol. The highest BCUT2D eigenvalue weighted by atomic mass is 16.2. The second-order valence-electron chi connectivity index (χ2n) is 6.65. The molecule has 2 rings (SSSR count). The van der Waals surface area contributed by atoms with Gasteiger partial charge in [0.2, 0.25) is 0 Å². The summed E-state index contributed by atoms with van der Waals surface area (Å²) in [5.74, 6) is -0.0764. The zero-order chi connectivity index (χ0) is 16.7. The maximum atomic E-state index is 12.2. The number of quaternary nitrogens is 1. The molecule has 0 aromatic rings. The average Bonchev–Trinajstić information content (AvgIpc) is 2.54. The zero-order valence-electron chi connectivity index (χ0n) is 14.1. The fourth-order valence-electron chi connectivity index (χ4n) is 3.21. The van der Waals surface area contributed by atoms with Crippen molar-refractivity contribution in [3.63, 3.8) is 0 Å².